The summed E-state index contributed by atoms with van der Waals surface area (Å²) in [6.07, 6.45) is 3.22. The van der Waals surface area contributed by atoms with E-state index in [1.807, 2.05) is 19.1 Å². The van der Waals surface area contributed by atoms with Crippen molar-refractivity contribution in [2.24, 2.45) is 0 Å². The Morgan fingerprint density at radius 2 is 2.16 bits per heavy atom. The summed E-state index contributed by atoms with van der Waals surface area (Å²) in [6, 6.07) is 5.58. The van der Waals surface area contributed by atoms with Gasteiger partial charge in [-0.15, -0.1) is 0 Å². The lowest BCUT2D eigenvalue weighted by molar-refractivity contribution is -0.114. The normalized spacial score (nSPS) is 22.8. The molecule has 0 spiro atoms. The summed E-state index contributed by atoms with van der Waals surface area (Å²) in [7, 11) is 0. The maximum atomic E-state index is 12.1. The molecule has 1 atom stereocenters. The highest BCUT2D eigenvalue weighted by atomic mass is 16.5. The van der Waals surface area contributed by atoms with Gasteiger partial charge in [-0.05, 0) is 38.3 Å². The molecule has 0 N–H and O–H groups in total. The molecule has 0 aliphatic carbocycles. The lowest BCUT2D eigenvalue weighted by Crippen LogP contribution is -2.39. The molecule has 0 saturated carbocycles. The van der Waals surface area contributed by atoms with Gasteiger partial charge in [-0.25, -0.2) is 0 Å². The number of carbonyl (C=O) groups excluding carboxylic acids is 2. The fraction of sp³-hybridized carbons (Fsp3) is 0.467. The van der Waals surface area contributed by atoms with E-state index in [4.69, 9.17) is 4.74 Å². The van der Waals surface area contributed by atoms with E-state index in [-0.39, 0.29) is 6.10 Å². The van der Waals surface area contributed by atoms with Crippen molar-refractivity contribution in [1.29, 1.82) is 0 Å². The lowest BCUT2D eigenvalue weighted by Gasteiger charge is -2.27. The molecule has 2 heterocycles. The van der Waals surface area contributed by atoms with Crippen LogP contribution in [0, 0.1) is 6.92 Å². The van der Waals surface area contributed by atoms with E-state index < -0.39 is 11.7 Å². The molecule has 2 aliphatic heterocycles. The van der Waals surface area contributed by atoms with E-state index in [2.05, 4.69) is 0 Å². The molecule has 0 bridgehead atoms. The van der Waals surface area contributed by atoms with Crippen LogP contribution in [0.3, 0.4) is 0 Å². The highest BCUT2D eigenvalue weighted by Crippen LogP contribution is 2.30. The average Bonchev–Trinajstić information content (AvgIpc) is 2.65. The zero-order valence-electron chi connectivity index (χ0n) is 11.0. The van der Waals surface area contributed by atoms with E-state index >= 15 is 0 Å². The number of hydrogen-bond acceptors (Lipinski definition) is 3. The minimum Gasteiger partial charge on any atom is -0.376 e. The number of ketones is 1. The number of Topliss-reactive ketones (excluding diaryl/α,β-unsaturated/α-hetero) is 1. The Balaban J connectivity index is 1.86. The van der Waals surface area contributed by atoms with Crippen LogP contribution in [0.25, 0.3) is 0 Å². The third-order valence-corrected chi connectivity index (χ3v) is 3.79. The van der Waals surface area contributed by atoms with E-state index in [0.29, 0.717) is 12.1 Å². The number of anilines is 1. The molecular formula is C15H17NO3. The minimum atomic E-state index is -0.422. The second kappa shape index (κ2) is 4.78. The molecule has 0 unspecified atom stereocenters. The van der Waals surface area contributed by atoms with Crippen LogP contribution in [-0.2, 0) is 9.53 Å². The first-order chi connectivity index (χ1) is 9.16. The van der Waals surface area contributed by atoms with Crippen LogP contribution in [0.5, 0.6) is 0 Å². The van der Waals surface area contributed by atoms with Crippen molar-refractivity contribution < 1.29 is 14.3 Å². The SMILES string of the molecule is Cc1ccc2c(c1)C(=O)C(=O)N2C[C@@H]1CCCCO1. The number of ether oxygens (including phenoxy) is 1. The van der Waals surface area contributed by atoms with Crippen molar-refractivity contribution in [3.63, 3.8) is 0 Å². The molecule has 0 radical (unpaired) electrons. The number of rotatable bonds is 2. The first kappa shape index (κ1) is 12.4. The Morgan fingerprint density at radius 3 is 2.89 bits per heavy atom. The van der Waals surface area contributed by atoms with Crippen molar-refractivity contribution in [2.45, 2.75) is 32.3 Å². The molecule has 4 nitrogen and oxygen atoms in total. The summed E-state index contributed by atoms with van der Waals surface area (Å²) in [6.45, 7) is 3.16. The predicted molar refractivity (Wildman–Crippen MR) is 71.5 cm³/mol. The van der Waals surface area contributed by atoms with Crippen molar-refractivity contribution in [1.82, 2.24) is 0 Å². The maximum absolute atomic E-state index is 12.1. The fourth-order valence-electron chi connectivity index (χ4n) is 2.75. The number of carbonyl (C=O) groups is 2. The zero-order valence-corrected chi connectivity index (χ0v) is 11.0. The van der Waals surface area contributed by atoms with Gasteiger partial charge < -0.3 is 9.64 Å². The number of aryl methyl sites for hydroxylation is 1. The van der Waals surface area contributed by atoms with Gasteiger partial charge in [-0.3, -0.25) is 9.59 Å². The zero-order chi connectivity index (χ0) is 13.4. The van der Waals surface area contributed by atoms with Crippen LogP contribution in [-0.4, -0.2) is 30.9 Å². The molecule has 1 aromatic carbocycles. The number of amides is 1. The van der Waals surface area contributed by atoms with Crippen LogP contribution in [0.4, 0.5) is 5.69 Å². The van der Waals surface area contributed by atoms with Gasteiger partial charge in [0.25, 0.3) is 11.7 Å². The topological polar surface area (TPSA) is 46.6 Å². The first-order valence-corrected chi connectivity index (χ1v) is 6.75. The lowest BCUT2D eigenvalue weighted by atomic mass is 10.1. The Bertz CT molecular complexity index is 532. The Labute approximate surface area is 112 Å². The van der Waals surface area contributed by atoms with Gasteiger partial charge in [0.2, 0.25) is 0 Å². The maximum Gasteiger partial charge on any atom is 0.299 e. The number of fused-ring (bicyclic) bond motifs is 1. The van der Waals surface area contributed by atoms with Crippen molar-refractivity contribution in [3.8, 4) is 0 Å². The smallest absolute Gasteiger partial charge is 0.299 e. The molecule has 3 rings (SSSR count). The Hall–Kier alpha value is -1.68. The van der Waals surface area contributed by atoms with Gasteiger partial charge in [0.15, 0.2) is 0 Å². The monoisotopic (exact) mass is 259 g/mol. The second-order valence-electron chi connectivity index (χ2n) is 5.25. The molecule has 1 aromatic rings. The van der Waals surface area contributed by atoms with Crippen molar-refractivity contribution in [3.05, 3.63) is 29.3 Å². The molecule has 1 saturated heterocycles. The van der Waals surface area contributed by atoms with Crippen LogP contribution >= 0.6 is 0 Å². The first-order valence-electron chi connectivity index (χ1n) is 6.75. The highest BCUT2D eigenvalue weighted by molar-refractivity contribution is 6.52. The summed E-state index contributed by atoms with van der Waals surface area (Å²) in [5.41, 5.74) is 2.26. The van der Waals surface area contributed by atoms with Crippen LogP contribution in [0.2, 0.25) is 0 Å². The standard InChI is InChI=1S/C15H17NO3/c1-10-5-6-13-12(8-10)14(17)15(18)16(13)9-11-4-2-3-7-19-11/h5-6,8,11H,2-4,7,9H2,1H3/t11-/m0/s1. The van der Waals surface area contributed by atoms with Gasteiger partial charge in [-0.1, -0.05) is 11.6 Å². The summed E-state index contributed by atoms with van der Waals surface area (Å²) in [5, 5.41) is 0. The number of benzene rings is 1. The van der Waals surface area contributed by atoms with E-state index in [1.165, 1.54) is 0 Å². The summed E-state index contributed by atoms with van der Waals surface area (Å²) in [5.74, 6) is -0.815. The van der Waals surface area contributed by atoms with E-state index in [1.54, 1.807) is 11.0 Å². The van der Waals surface area contributed by atoms with Crippen molar-refractivity contribution >= 4 is 17.4 Å². The molecule has 1 fully saturated rings. The molecule has 100 valence electrons. The van der Waals surface area contributed by atoms with Crippen LogP contribution < -0.4 is 4.90 Å². The molecule has 2 aliphatic rings. The third-order valence-electron chi connectivity index (χ3n) is 3.79. The van der Waals surface area contributed by atoms with Gasteiger partial charge in [0.05, 0.1) is 23.9 Å². The van der Waals surface area contributed by atoms with E-state index in [9.17, 15) is 9.59 Å². The van der Waals surface area contributed by atoms with Gasteiger partial charge in [0.1, 0.15) is 0 Å². The minimum absolute atomic E-state index is 0.0535. The summed E-state index contributed by atoms with van der Waals surface area (Å²) >= 11 is 0. The van der Waals surface area contributed by atoms with Crippen molar-refractivity contribution in [2.75, 3.05) is 18.1 Å². The van der Waals surface area contributed by atoms with E-state index in [0.717, 1.165) is 37.1 Å². The molecular weight excluding hydrogens is 242 g/mol. The second-order valence-corrected chi connectivity index (χ2v) is 5.25. The predicted octanol–water partition coefficient (Wildman–Crippen LogP) is 2.09. The molecule has 4 heteroatoms. The molecule has 0 aromatic heterocycles. The highest BCUT2D eigenvalue weighted by Gasteiger charge is 2.37. The Kier molecular flexibility index (Phi) is 3.11. The third kappa shape index (κ3) is 2.16. The summed E-state index contributed by atoms with van der Waals surface area (Å²) in [4.78, 5) is 25.6. The quantitative estimate of drug-likeness (QED) is 0.764. The van der Waals surface area contributed by atoms with Gasteiger partial charge >= 0.3 is 0 Å². The number of hydrogen-bond donors (Lipinski definition) is 0. The van der Waals surface area contributed by atoms with Gasteiger partial charge in [-0.2, -0.15) is 0 Å². The molecule has 19 heavy (non-hydrogen) atoms. The van der Waals surface area contributed by atoms with Crippen LogP contribution in [0.1, 0.15) is 35.2 Å². The summed E-state index contributed by atoms with van der Waals surface area (Å²) < 4.78 is 5.66. The fourth-order valence-corrected chi connectivity index (χ4v) is 2.75. The van der Waals surface area contributed by atoms with Crippen LogP contribution in [0.15, 0.2) is 18.2 Å². The molecule has 1 amide bonds. The Morgan fingerprint density at radius 1 is 1.32 bits per heavy atom. The van der Waals surface area contributed by atoms with Gasteiger partial charge in [0, 0.05) is 6.61 Å². The average molecular weight is 259 g/mol. The number of nitrogens with zero attached hydrogens (tertiary/aromatic N) is 1. The largest absolute Gasteiger partial charge is 0.376 e.